The molecule has 140 valence electrons. The van der Waals surface area contributed by atoms with Gasteiger partial charge in [0.25, 0.3) is 0 Å². The number of hydrogen-bond donors (Lipinski definition) is 0. The highest BCUT2D eigenvalue weighted by Crippen LogP contribution is 2.18. The van der Waals surface area contributed by atoms with Crippen LogP contribution >= 0.6 is 0 Å². The zero-order valence-electron chi connectivity index (χ0n) is 15.2. The molecule has 0 aliphatic rings. The molecule has 6 heteroatoms. The van der Waals surface area contributed by atoms with E-state index >= 15 is 0 Å². The van der Waals surface area contributed by atoms with E-state index in [0.717, 1.165) is 12.0 Å². The third-order valence-electron chi connectivity index (χ3n) is 4.09. The Kier molecular flexibility index (Phi) is 9.77. The van der Waals surface area contributed by atoms with Gasteiger partial charge in [-0.15, -0.1) is 0 Å². The summed E-state index contributed by atoms with van der Waals surface area (Å²) >= 11 is 0. The van der Waals surface area contributed by atoms with Gasteiger partial charge in [0.2, 0.25) is 5.91 Å². The van der Waals surface area contributed by atoms with Crippen molar-refractivity contribution in [1.29, 1.82) is 0 Å². The van der Waals surface area contributed by atoms with Gasteiger partial charge in [0.05, 0.1) is 13.2 Å². The zero-order valence-corrected chi connectivity index (χ0v) is 15.2. The van der Waals surface area contributed by atoms with Gasteiger partial charge in [0.15, 0.2) is 0 Å². The topological polar surface area (TPSA) is 55.8 Å². The second kappa shape index (κ2) is 11.6. The average molecular weight is 353 g/mol. The van der Waals surface area contributed by atoms with E-state index in [4.69, 9.17) is 9.47 Å². The third-order valence-corrected chi connectivity index (χ3v) is 4.09. The minimum atomic E-state index is -0.680. The predicted molar refractivity (Wildman–Crippen MR) is 93.7 cm³/mol. The first kappa shape index (κ1) is 21.1. The molecule has 0 saturated carbocycles. The van der Waals surface area contributed by atoms with Crippen LogP contribution in [0.5, 0.6) is 0 Å². The number of benzene rings is 1. The Bertz CT molecular complexity index is 523. The number of halogens is 1. The van der Waals surface area contributed by atoms with Crippen molar-refractivity contribution in [2.75, 3.05) is 26.4 Å². The number of rotatable bonds is 11. The molecule has 0 radical (unpaired) electrons. The molecule has 1 rings (SSSR count). The molecule has 0 heterocycles. The first-order valence-corrected chi connectivity index (χ1v) is 8.62. The van der Waals surface area contributed by atoms with Crippen LogP contribution in [0.1, 0.15) is 32.8 Å². The Morgan fingerprint density at radius 2 is 1.88 bits per heavy atom. The Balaban J connectivity index is 2.77. The van der Waals surface area contributed by atoms with Gasteiger partial charge in [-0.1, -0.05) is 50.6 Å². The number of carbonyl (C=O) groups excluding carboxylic acids is 2. The summed E-state index contributed by atoms with van der Waals surface area (Å²) < 4.78 is 22.7. The SMILES string of the molecule is CCC(C)C(C(=O)OCc1ccccc1)N(CCOCCF)C(C)=O. The number of carbonyl (C=O) groups is 2. The lowest BCUT2D eigenvalue weighted by molar-refractivity contribution is -0.158. The van der Waals surface area contributed by atoms with E-state index in [9.17, 15) is 14.0 Å². The van der Waals surface area contributed by atoms with E-state index in [2.05, 4.69) is 0 Å². The van der Waals surface area contributed by atoms with Crippen molar-refractivity contribution in [3.8, 4) is 0 Å². The summed E-state index contributed by atoms with van der Waals surface area (Å²) in [4.78, 5) is 26.1. The Labute approximate surface area is 149 Å². The minimum absolute atomic E-state index is 0.0157. The largest absolute Gasteiger partial charge is 0.459 e. The van der Waals surface area contributed by atoms with Gasteiger partial charge >= 0.3 is 5.97 Å². The van der Waals surface area contributed by atoms with E-state index in [1.165, 1.54) is 11.8 Å². The smallest absolute Gasteiger partial charge is 0.329 e. The number of alkyl halides is 1. The van der Waals surface area contributed by atoms with Crippen LogP contribution in [0.3, 0.4) is 0 Å². The molecule has 0 fully saturated rings. The molecule has 1 amide bonds. The van der Waals surface area contributed by atoms with Gasteiger partial charge in [-0.3, -0.25) is 4.79 Å². The summed E-state index contributed by atoms with van der Waals surface area (Å²) in [5, 5.41) is 0. The molecule has 0 spiro atoms. The molecule has 0 aliphatic heterocycles. The number of esters is 1. The van der Waals surface area contributed by atoms with Gasteiger partial charge in [0.1, 0.15) is 19.3 Å². The van der Waals surface area contributed by atoms with Crippen LogP contribution in [0.15, 0.2) is 30.3 Å². The normalized spacial score (nSPS) is 13.1. The van der Waals surface area contributed by atoms with Crippen LogP contribution < -0.4 is 0 Å². The molecule has 25 heavy (non-hydrogen) atoms. The molecular formula is C19H28FNO4. The molecule has 0 saturated heterocycles. The maximum absolute atomic E-state index is 12.6. The highest BCUT2D eigenvalue weighted by Gasteiger charge is 2.33. The Morgan fingerprint density at radius 3 is 2.44 bits per heavy atom. The van der Waals surface area contributed by atoms with Gasteiger partial charge in [0, 0.05) is 13.5 Å². The Morgan fingerprint density at radius 1 is 1.20 bits per heavy atom. The fraction of sp³-hybridized carbons (Fsp3) is 0.579. The summed E-state index contributed by atoms with van der Waals surface area (Å²) in [6, 6.07) is 8.71. The highest BCUT2D eigenvalue weighted by molar-refractivity contribution is 5.83. The van der Waals surface area contributed by atoms with Crippen LogP contribution in [0.2, 0.25) is 0 Å². The van der Waals surface area contributed by atoms with Crippen molar-refractivity contribution in [2.45, 2.75) is 39.8 Å². The van der Waals surface area contributed by atoms with E-state index in [0.29, 0.717) is 0 Å². The number of nitrogens with zero attached hydrogens (tertiary/aromatic N) is 1. The Hall–Kier alpha value is -1.95. The second-order valence-electron chi connectivity index (χ2n) is 5.94. The quantitative estimate of drug-likeness (QED) is 0.453. The fourth-order valence-electron chi connectivity index (χ4n) is 2.52. The van der Waals surface area contributed by atoms with Gasteiger partial charge in [-0.2, -0.15) is 0 Å². The lowest BCUT2D eigenvalue weighted by atomic mass is 9.97. The molecule has 0 bridgehead atoms. The van der Waals surface area contributed by atoms with Crippen LogP contribution in [-0.2, 0) is 25.7 Å². The monoisotopic (exact) mass is 353 g/mol. The fourth-order valence-corrected chi connectivity index (χ4v) is 2.52. The molecule has 2 unspecified atom stereocenters. The molecular weight excluding hydrogens is 325 g/mol. The van der Waals surface area contributed by atoms with Crippen molar-refractivity contribution in [3.63, 3.8) is 0 Å². The van der Waals surface area contributed by atoms with Gasteiger partial charge < -0.3 is 14.4 Å². The number of ether oxygens (including phenoxy) is 2. The molecule has 0 aliphatic carbocycles. The summed E-state index contributed by atoms with van der Waals surface area (Å²) in [6.45, 7) is 5.26. The van der Waals surface area contributed by atoms with E-state index in [-0.39, 0.29) is 38.2 Å². The zero-order chi connectivity index (χ0) is 18.7. The average Bonchev–Trinajstić information content (AvgIpc) is 2.62. The standard InChI is InChI=1S/C19H28FNO4/c1-4-15(2)18(21(16(3)22)11-13-24-12-10-20)19(23)25-14-17-8-6-5-7-9-17/h5-9,15,18H,4,10-14H2,1-3H3. The third kappa shape index (κ3) is 7.22. The lowest BCUT2D eigenvalue weighted by Gasteiger charge is -2.33. The van der Waals surface area contributed by atoms with Crippen LogP contribution in [-0.4, -0.2) is 49.3 Å². The van der Waals surface area contributed by atoms with Crippen molar-refractivity contribution < 1.29 is 23.5 Å². The van der Waals surface area contributed by atoms with Crippen LogP contribution in [0.4, 0.5) is 4.39 Å². The summed E-state index contributed by atoms with van der Waals surface area (Å²) in [5.41, 5.74) is 0.888. The maximum atomic E-state index is 12.6. The van der Waals surface area contributed by atoms with Crippen molar-refractivity contribution in [1.82, 2.24) is 4.90 Å². The van der Waals surface area contributed by atoms with Crippen LogP contribution in [0.25, 0.3) is 0 Å². The molecule has 0 N–H and O–H groups in total. The van der Waals surface area contributed by atoms with Crippen LogP contribution in [0, 0.1) is 5.92 Å². The highest BCUT2D eigenvalue weighted by atomic mass is 19.1. The maximum Gasteiger partial charge on any atom is 0.329 e. The minimum Gasteiger partial charge on any atom is -0.459 e. The van der Waals surface area contributed by atoms with E-state index in [1.54, 1.807) is 0 Å². The van der Waals surface area contributed by atoms with Crippen molar-refractivity contribution in [2.24, 2.45) is 5.92 Å². The summed E-state index contributed by atoms with van der Waals surface area (Å²) in [7, 11) is 0. The lowest BCUT2D eigenvalue weighted by Crippen LogP contribution is -2.49. The molecule has 0 aromatic heterocycles. The number of amides is 1. The van der Waals surface area contributed by atoms with E-state index < -0.39 is 18.7 Å². The first-order valence-electron chi connectivity index (χ1n) is 8.62. The number of hydrogen-bond acceptors (Lipinski definition) is 4. The first-order chi connectivity index (χ1) is 12.0. The van der Waals surface area contributed by atoms with Gasteiger partial charge in [-0.05, 0) is 11.5 Å². The predicted octanol–water partition coefficient (Wildman–Crippen LogP) is 2.98. The summed E-state index contributed by atoms with van der Waals surface area (Å²) in [6.07, 6.45) is 0.722. The molecule has 2 atom stereocenters. The van der Waals surface area contributed by atoms with E-state index in [1.807, 2.05) is 44.2 Å². The van der Waals surface area contributed by atoms with Gasteiger partial charge in [-0.25, -0.2) is 9.18 Å². The molecule has 1 aromatic carbocycles. The second-order valence-corrected chi connectivity index (χ2v) is 5.94. The van der Waals surface area contributed by atoms with Crippen molar-refractivity contribution >= 4 is 11.9 Å². The summed E-state index contributed by atoms with van der Waals surface area (Å²) in [5.74, 6) is -0.724. The molecule has 1 aromatic rings. The molecule has 5 nitrogen and oxygen atoms in total. The van der Waals surface area contributed by atoms with Crippen molar-refractivity contribution in [3.05, 3.63) is 35.9 Å².